The lowest BCUT2D eigenvalue weighted by atomic mass is 9.85. The van der Waals surface area contributed by atoms with E-state index in [-0.39, 0.29) is 11.3 Å². The van der Waals surface area contributed by atoms with Crippen LogP contribution in [0.25, 0.3) is 0 Å². The highest BCUT2D eigenvalue weighted by Gasteiger charge is 2.22. The fourth-order valence-electron chi connectivity index (χ4n) is 3.38. The number of nitrogens with zero attached hydrogens (tertiary/aromatic N) is 2. The third-order valence-corrected chi connectivity index (χ3v) is 5.12. The van der Waals surface area contributed by atoms with E-state index in [1.165, 1.54) is 12.0 Å². The minimum atomic E-state index is -0.00135. The van der Waals surface area contributed by atoms with E-state index < -0.39 is 0 Å². The summed E-state index contributed by atoms with van der Waals surface area (Å²) < 4.78 is 0. The molecule has 0 aromatic heterocycles. The van der Waals surface area contributed by atoms with Crippen molar-refractivity contribution >= 4 is 11.9 Å². The predicted molar refractivity (Wildman–Crippen MR) is 108 cm³/mol. The number of amides is 1. The molecular formula is C21H34N4O. The van der Waals surface area contributed by atoms with Crippen LogP contribution in [0, 0.1) is 5.92 Å². The Morgan fingerprint density at radius 2 is 2.00 bits per heavy atom. The van der Waals surface area contributed by atoms with Crippen molar-refractivity contribution in [2.24, 2.45) is 10.9 Å². The Hall–Kier alpha value is -2.04. The van der Waals surface area contributed by atoms with E-state index in [1.54, 1.807) is 7.05 Å². The number of guanidine groups is 1. The summed E-state index contributed by atoms with van der Waals surface area (Å²) in [6.07, 6.45) is 2.86. The highest BCUT2D eigenvalue weighted by atomic mass is 16.2. The quantitative estimate of drug-likeness (QED) is 0.607. The first-order valence-electron chi connectivity index (χ1n) is 9.70. The van der Waals surface area contributed by atoms with Crippen LogP contribution in [-0.2, 0) is 10.2 Å². The molecule has 5 nitrogen and oxygen atoms in total. The molecule has 2 rings (SSSR count). The Bertz CT molecular complexity index is 597. The van der Waals surface area contributed by atoms with Crippen LogP contribution in [0.15, 0.2) is 35.3 Å². The molecule has 1 aliphatic heterocycles. The van der Waals surface area contributed by atoms with Crippen LogP contribution in [0.4, 0.5) is 0 Å². The maximum atomic E-state index is 12.3. The van der Waals surface area contributed by atoms with Gasteiger partial charge in [0, 0.05) is 45.1 Å². The average Bonchev–Trinajstić information content (AvgIpc) is 2.65. The SMILES string of the molecule is CN=C(NCCC(=O)N1CCCC(C)C1)NCC(C)(C)c1ccccc1. The van der Waals surface area contributed by atoms with E-state index in [1.807, 2.05) is 11.0 Å². The maximum Gasteiger partial charge on any atom is 0.224 e. The number of likely N-dealkylation sites (tertiary alicyclic amines) is 1. The van der Waals surface area contributed by atoms with E-state index in [4.69, 9.17) is 0 Å². The molecule has 1 atom stereocenters. The molecule has 2 N–H and O–H groups in total. The molecule has 1 unspecified atom stereocenters. The van der Waals surface area contributed by atoms with Gasteiger partial charge in [-0.15, -0.1) is 0 Å². The van der Waals surface area contributed by atoms with Crippen LogP contribution in [0.5, 0.6) is 0 Å². The van der Waals surface area contributed by atoms with Gasteiger partial charge in [-0.2, -0.15) is 0 Å². The van der Waals surface area contributed by atoms with Gasteiger partial charge < -0.3 is 15.5 Å². The van der Waals surface area contributed by atoms with Gasteiger partial charge in [0.2, 0.25) is 5.91 Å². The number of aliphatic imine (C=N–C) groups is 1. The highest BCUT2D eigenvalue weighted by Crippen LogP contribution is 2.21. The molecule has 0 aliphatic carbocycles. The van der Waals surface area contributed by atoms with Gasteiger partial charge in [0.15, 0.2) is 5.96 Å². The van der Waals surface area contributed by atoms with Crippen LogP contribution in [0.3, 0.4) is 0 Å². The fraction of sp³-hybridized carbons (Fsp3) is 0.619. The molecule has 5 heteroatoms. The van der Waals surface area contributed by atoms with Gasteiger partial charge >= 0.3 is 0 Å². The predicted octanol–water partition coefficient (Wildman–Crippen LogP) is 2.78. The Labute approximate surface area is 158 Å². The molecule has 144 valence electrons. The topological polar surface area (TPSA) is 56.7 Å². The molecule has 1 aliphatic rings. The Kier molecular flexibility index (Phi) is 7.49. The third-order valence-electron chi connectivity index (χ3n) is 5.12. The molecule has 0 spiro atoms. The Balaban J connectivity index is 1.75. The van der Waals surface area contributed by atoms with Crippen LogP contribution >= 0.6 is 0 Å². The molecule has 1 fully saturated rings. The first-order valence-corrected chi connectivity index (χ1v) is 9.70. The maximum absolute atomic E-state index is 12.3. The lowest BCUT2D eigenvalue weighted by molar-refractivity contribution is -0.132. The first kappa shape index (κ1) is 20.3. The van der Waals surface area contributed by atoms with Crippen molar-refractivity contribution < 1.29 is 4.79 Å². The first-order chi connectivity index (χ1) is 12.4. The minimum absolute atomic E-state index is 0.00135. The Morgan fingerprint density at radius 1 is 1.27 bits per heavy atom. The summed E-state index contributed by atoms with van der Waals surface area (Å²) >= 11 is 0. The van der Waals surface area contributed by atoms with Gasteiger partial charge in [0.05, 0.1) is 0 Å². The number of carbonyl (C=O) groups is 1. The van der Waals surface area contributed by atoms with Gasteiger partial charge in [-0.1, -0.05) is 51.1 Å². The zero-order chi connectivity index (χ0) is 19.0. The third kappa shape index (κ3) is 6.04. The normalized spacial score (nSPS) is 18.5. The summed E-state index contributed by atoms with van der Waals surface area (Å²) in [4.78, 5) is 18.6. The lowest BCUT2D eigenvalue weighted by Crippen LogP contribution is -2.45. The van der Waals surface area contributed by atoms with Crippen molar-refractivity contribution in [1.29, 1.82) is 0 Å². The average molecular weight is 359 g/mol. The number of carbonyl (C=O) groups excluding carboxylic acids is 1. The molecule has 1 aromatic rings. The number of hydrogen-bond donors (Lipinski definition) is 2. The molecular weight excluding hydrogens is 324 g/mol. The molecule has 0 radical (unpaired) electrons. The second-order valence-corrected chi connectivity index (χ2v) is 7.94. The molecule has 0 saturated carbocycles. The van der Waals surface area contributed by atoms with Gasteiger partial charge in [0.1, 0.15) is 0 Å². The van der Waals surface area contributed by atoms with Crippen molar-refractivity contribution in [2.75, 3.05) is 33.2 Å². The molecule has 1 amide bonds. The standard InChI is InChI=1S/C21H34N4O/c1-17-9-8-14-25(15-17)19(26)12-13-23-20(22-4)24-16-21(2,3)18-10-6-5-7-11-18/h5-7,10-11,17H,8-9,12-16H2,1-4H3,(H2,22,23,24). The largest absolute Gasteiger partial charge is 0.356 e. The fourth-order valence-corrected chi connectivity index (χ4v) is 3.38. The summed E-state index contributed by atoms with van der Waals surface area (Å²) in [5, 5.41) is 6.65. The molecule has 26 heavy (non-hydrogen) atoms. The van der Waals surface area contributed by atoms with E-state index in [0.29, 0.717) is 18.9 Å². The summed E-state index contributed by atoms with van der Waals surface area (Å²) in [6.45, 7) is 9.83. The van der Waals surface area contributed by atoms with Gasteiger partial charge in [-0.3, -0.25) is 9.79 Å². The van der Waals surface area contributed by atoms with Crippen LogP contribution in [0.2, 0.25) is 0 Å². The molecule has 0 bridgehead atoms. The number of piperidine rings is 1. The summed E-state index contributed by atoms with van der Waals surface area (Å²) in [6, 6.07) is 10.5. The van der Waals surface area contributed by atoms with E-state index in [2.05, 4.69) is 60.7 Å². The minimum Gasteiger partial charge on any atom is -0.356 e. The summed E-state index contributed by atoms with van der Waals surface area (Å²) in [5.41, 5.74) is 1.29. The van der Waals surface area contributed by atoms with Crippen LogP contribution < -0.4 is 10.6 Å². The van der Waals surface area contributed by atoms with Crippen molar-refractivity contribution in [3.8, 4) is 0 Å². The van der Waals surface area contributed by atoms with Crippen molar-refractivity contribution in [3.63, 3.8) is 0 Å². The van der Waals surface area contributed by atoms with Crippen molar-refractivity contribution in [3.05, 3.63) is 35.9 Å². The van der Waals surface area contributed by atoms with E-state index >= 15 is 0 Å². The van der Waals surface area contributed by atoms with Crippen molar-refractivity contribution in [2.45, 2.75) is 45.4 Å². The smallest absolute Gasteiger partial charge is 0.224 e. The second-order valence-electron chi connectivity index (χ2n) is 7.94. The molecule has 1 heterocycles. The monoisotopic (exact) mass is 358 g/mol. The van der Waals surface area contributed by atoms with Crippen LogP contribution in [0.1, 0.15) is 45.6 Å². The van der Waals surface area contributed by atoms with Crippen molar-refractivity contribution in [1.82, 2.24) is 15.5 Å². The highest BCUT2D eigenvalue weighted by molar-refractivity contribution is 5.81. The lowest BCUT2D eigenvalue weighted by Gasteiger charge is -2.31. The Morgan fingerprint density at radius 3 is 2.65 bits per heavy atom. The summed E-state index contributed by atoms with van der Waals surface area (Å²) in [7, 11) is 1.76. The van der Waals surface area contributed by atoms with E-state index in [9.17, 15) is 4.79 Å². The number of nitrogens with one attached hydrogen (secondary N) is 2. The van der Waals surface area contributed by atoms with Gasteiger partial charge in [0.25, 0.3) is 0 Å². The second kappa shape index (κ2) is 9.60. The van der Waals surface area contributed by atoms with Crippen LogP contribution in [-0.4, -0.2) is 50.0 Å². The number of rotatable bonds is 6. The van der Waals surface area contributed by atoms with Gasteiger partial charge in [-0.25, -0.2) is 0 Å². The summed E-state index contributed by atoms with van der Waals surface area (Å²) in [5.74, 6) is 1.60. The molecule has 1 saturated heterocycles. The van der Waals surface area contributed by atoms with Gasteiger partial charge in [-0.05, 0) is 24.3 Å². The zero-order valence-electron chi connectivity index (χ0n) is 16.7. The number of hydrogen-bond acceptors (Lipinski definition) is 2. The zero-order valence-corrected chi connectivity index (χ0v) is 16.7. The van der Waals surface area contributed by atoms with E-state index in [0.717, 1.165) is 32.0 Å². The number of benzene rings is 1. The molecule has 1 aromatic carbocycles.